The van der Waals surface area contributed by atoms with E-state index in [1.165, 1.54) is 0 Å². The van der Waals surface area contributed by atoms with E-state index in [1.54, 1.807) is 24.4 Å². The van der Waals surface area contributed by atoms with Crippen LogP contribution in [-0.4, -0.2) is 41.1 Å². The number of hydrogen-bond acceptors (Lipinski definition) is 8. The van der Waals surface area contributed by atoms with Gasteiger partial charge in [0.2, 0.25) is 11.8 Å². The second kappa shape index (κ2) is 17.1. The van der Waals surface area contributed by atoms with Crippen molar-refractivity contribution in [3.05, 3.63) is 119 Å². The maximum Gasteiger partial charge on any atom is 0.243 e. The smallest absolute Gasteiger partial charge is 0.243 e. The Morgan fingerprint density at radius 3 is 2.36 bits per heavy atom. The zero-order chi connectivity index (χ0) is 33.0. The van der Waals surface area contributed by atoms with Crippen molar-refractivity contribution in [1.29, 1.82) is 0 Å². The molecular weight excluding hydrogens is 616 g/mol. The predicted molar refractivity (Wildman–Crippen MR) is 180 cm³/mol. The molecule has 5 rings (SSSR count). The van der Waals surface area contributed by atoms with E-state index in [-0.39, 0.29) is 37.6 Å². The van der Waals surface area contributed by atoms with Gasteiger partial charge in [0.1, 0.15) is 5.75 Å². The molecular formula is C37H40N2O7S. The molecule has 0 spiro atoms. The maximum absolute atomic E-state index is 12.3. The van der Waals surface area contributed by atoms with Crippen LogP contribution in [0.5, 0.6) is 5.75 Å². The molecule has 3 atom stereocenters. The van der Waals surface area contributed by atoms with Crippen molar-refractivity contribution in [2.45, 2.75) is 62.2 Å². The highest BCUT2D eigenvalue weighted by atomic mass is 32.2. The Hall–Kier alpha value is -4.19. The van der Waals surface area contributed by atoms with Crippen LogP contribution in [0.4, 0.5) is 0 Å². The van der Waals surface area contributed by atoms with E-state index in [1.807, 2.05) is 91.0 Å². The van der Waals surface area contributed by atoms with Crippen molar-refractivity contribution < 1.29 is 34.1 Å². The number of para-hydroxylation sites is 1. The maximum atomic E-state index is 12.3. The Labute approximate surface area is 279 Å². The monoisotopic (exact) mass is 656 g/mol. The van der Waals surface area contributed by atoms with Crippen LogP contribution in [0.2, 0.25) is 0 Å². The number of hydrogen-bond donors (Lipinski definition) is 4. The lowest BCUT2D eigenvalue weighted by Gasteiger charge is -2.36. The number of nitrogens with one attached hydrogen (secondary N) is 2. The van der Waals surface area contributed by atoms with E-state index >= 15 is 0 Å². The molecule has 0 aliphatic carbocycles. The minimum absolute atomic E-state index is 0.0123. The molecule has 47 heavy (non-hydrogen) atoms. The molecule has 0 unspecified atom stereocenters. The number of rotatable bonds is 14. The lowest BCUT2D eigenvalue weighted by molar-refractivity contribution is -0.245. The summed E-state index contributed by atoms with van der Waals surface area (Å²) in [6.07, 6.45) is 0.428. The first kappa shape index (κ1) is 34.2. The molecule has 1 aliphatic heterocycles. The molecule has 246 valence electrons. The number of carbonyl (C=O) groups excluding carboxylic acids is 2. The minimum Gasteiger partial charge on any atom is -0.496 e. The van der Waals surface area contributed by atoms with Gasteiger partial charge in [-0.05, 0) is 58.5 Å². The molecule has 1 fully saturated rings. The predicted octanol–water partition coefficient (Wildman–Crippen LogP) is 6.48. The molecule has 0 aromatic heterocycles. The van der Waals surface area contributed by atoms with Crippen LogP contribution in [0.25, 0.3) is 11.1 Å². The van der Waals surface area contributed by atoms with Crippen molar-refractivity contribution in [1.82, 2.24) is 10.8 Å². The van der Waals surface area contributed by atoms with Crippen molar-refractivity contribution in [2.24, 2.45) is 0 Å². The molecule has 0 bridgehead atoms. The number of ether oxygens (including phenoxy) is 3. The topological polar surface area (TPSA) is 126 Å². The molecule has 4 N–H and O–H groups in total. The fourth-order valence-corrected chi connectivity index (χ4v) is 6.47. The number of aliphatic hydroxyl groups is 1. The summed E-state index contributed by atoms with van der Waals surface area (Å²) in [5, 5.41) is 21.0. The van der Waals surface area contributed by atoms with Gasteiger partial charge < -0.3 is 24.6 Å². The standard InChI is InChI=1S/C37H40N2O7S/c1-44-32-11-2-3-12-34(32)47-24-31-21-33(27-17-15-25(23-40)16-18-27)46-37(45-31)30-10-5-9-29(20-30)28-8-4-7-26(19-28)22-38-35(41)13-6-14-36(42)39-43/h2-5,7-12,15-20,31,33,37,40,43H,6,13-14,21-24H2,1H3,(H,38,41)(H,39,42)/t31-,33+,37+/m1/s1. The van der Waals surface area contributed by atoms with E-state index in [0.29, 0.717) is 25.1 Å². The zero-order valence-electron chi connectivity index (χ0n) is 26.3. The summed E-state index contributed by atoms with van der Waals surface area (Å²) in [6, 6.07) is 31.9. The first-order valence-electron chi connectivity index (χ1n) is 15.6. The summed E-state index contributed by atoms with van der Waals surface area (Å²) < 4.78 is 18.7. The Bertz CT molecular complexity index is 1630. The van der Waals surface area contributed by atoms with Crippen LogP contribution in [0.3, 0.4) is 0 Å². The van der Waals surface area contributed by atoms with Gasteiger partial charge in [-0.15, -0.1) is 11.8 Å². The molecule has 1 heterocycles. The number of thioether (sulfide) groups is 1. The quantitative estimate of drug-likeness (QED) is 0.0690. The van der Waals surface area contributed by atoms with Gasteiger partial charge in [0.25, 0.3) is 0 Å². The van der Waals surface area contributed by atoms with Gasteiger partial charge in [0.15, 0.2) is 6.29 Å². The van der Waals surface area contributed by atoms with E-state index < -0.39 is 12.2 Å². The Balaban J connectivity index is 1.30. The number of carbonyl (C=O) groups is 2. The highest BCUT2D eigenvalue weighted by molar-refractivity contribution is 7.99. The van der Waals surface area contributed by atoms with Gasteiger partial charge in [-0.25, -0.2) is 5.48 Å². The average Bonchev–Trinajstić information content (AvgIpc) is 3.13. The molecule has 1 aliphatic rings. The second-order valence-corrected chi connectivity index (χ2v) is 12.4. The third-order valence-electron chi connectivity index (χ3n) is 7.95. The molecule has 1 saturated heterocycles. The zero-order valence-corrected chi connectivity index (χ0v) is 27.1. The molecule has 4 aromatic rings. The number of methoxy groups -OCH3 is 1. The van der Waals surface area contributed by atoms with Gasteiger partial charge in [-0.2, -0.15) is 0 Å². The van der Waals surface area contributed by atoms with Crippen molar-refractivity contribution in [2.75, 3.05) is 12.9 Å². The number of aliphatic hydroxyl groups excluding tert-OH is 1. The summed E-state index contributed by atoms with van der Waals surface area (Å²) in [6.45, 7) is 0.345. The lowest BCUT2D eigenvalue weighted by Crippen LogP contribution is -2.31. The third kappa shape index (κ3) is 9.66. The lowest BCUT2D eigenvalue weighted by atomic mass is 9.99. The largest absolute Gasteiger partial charge is 0.496 e. The van der Waals surface area contributed by atoms with Gasteiger partial charge in [0.05, 0.1) is 25.9 Å². The first-order valence-corrected chi connectivity index (χ1v) is 16.6. The SMILES string of the molecule is COc1ccccc1SC[C@H]1C[C@@H](c2ccc(CO)cc2)O[C@@H](c2cccc(-c3cccc(CNC(=O)CCCC(=O)NO)c3)c2)O1. The molecule has 9 nitrogen and oxygen atoms in total. The normalized spacial score (nSPS) is 17.6. The molecule has 4 aromatic carbocycles. The summed E-state index contributed by atoms with van der Waals surface area (Å²) in [4.78, 5) is 24.5. The fourth-order valence-electron chi connectivity index (χ4n) is 5.42. The Kier molecular flexibility index (Phi) is 12.4. The van der Waals surface area contributed by atoms with E-state index in [2.05, 4.69) is 11.4 Å². The van der Waals surface area contributed by atoms with Crippen molar-refractivity contribution >= 4 is 23.6 Å². The van der Waals surface area contributed by atoms with Gasteiger partial charge in [-0.1, -0.05) is 72.8 Å². The van der Waals surface area contributed by atoms with Crippen molar-refractivity contribution in [3.63, 3.8) is 0 Å². The average molecular weight is 657 g/mol. The first-order chi connectivity index (χ1) is 22.9. The van der Waals surface area contributed by atoms with Crippen LogP contribution in [-0.2, 0) is 32.2 Å². The molecule has 10 heteroatoms. The van der Waals surface area contributed by atoms with Gasteiger partial charge in [-0.3, -0.25) is 14.8 Å². The third-order valence-corrected chi connectivity index (χ3v) is 9.14. The molecule has 0 saturated carbocycles. The summed E-state index contributed by atoms with van der Waals surface area (Å²) in [5.41, 5.74) is 7.29. The number of hydroxylamine groups is 1. The van der Waals surface area contributed by atoms with E-state index in [0.717, 1.165) is 44.0 Å². The van der Waals surface area contributed by atoms with Crippen LogP contribution in [0, 0.1) is 0 Å². The fraction of sp³-hybridized carbons (Fsp3) is 0.297. The second-order valence-electron chi connectivity index (χ2n) is 11.3. The van der Waals surface area contributed by atoms with Gasteiger partial charge in [0, 0.05) is 42.0 Å². The minimum atomic E-state index is -0.593. The van der Waals surface area contributed by atoms with Crippen molar-refractivity contribution in [3.8, 4) is 16.9 Å². The summed E-state index contributed by atoms with van der Waals surface area (Å²) in [5.74, 6) is 0.881. The van der Waals surface area contributed by atoms with Crippen LogP contribution < -0.4 is 15.5 Å². The summed E-state index contributed by atoms with van der Waals surface area (Å²) >= 11 is 1.70. The highest BCUT2D eigenvalue weighted by Crippen LogP contribution is 2.41. The Morgan fingerprint density at radius 2 is 1.60 bits per heavy atom. The van der Waals surface area contributed by atoms with Crippen LogP contribution in [0.15, 0.2) is 102 Å². The molecule has 2 amide bonds. The van der Waals surface area contributed by atoms with Gasteiger partial charge >= 0.3 is 0 Å². The number of amides is 2. The number of benzene rings is 4. The Morgan fingerprint density at radius 1 is 0.851 bits per heavy atom. The van der Waals surface area contributed by atoms with E-state index in [4.69, 9.17) is 19.4 Å². The summed E-state index contributed by atoms with van der Waals surface area (Å²) in [7, 11) is 1.68. The molecule has 0 radical (unpaired) electrons. The van der Waals surface area contributed by atoms with Crippen LogP contribution >= 0.6 is 11.8 Å². The van der Waals surface area contributed by atoms with Crippen LogP contribution in [0.1, 0.15) is 60.3 Å². The van der Waals surface area contributed by atoms with E-state index in [9.17, 15) is 14.7 Å². The highest BCUT2D eigenvalue weighted by Gasteiger charge is 2.32.